The summed E-state index contributed by atoms with van der Waals surface area (Å²) >= 11 is 0. The quantitative estimate of drug-likeness (QED) is 0.689. The van der Waals surface area contributed by atoms with Crippen LogP contribution in [0.25, 0.3) is 11.3 Å². The van der Waals surface area contributed by atoms with Crippen LogP contribution in [0.4, 0.5) is 5.82 Å². The van der Waals surface area contributed by atoms with Gasteiger partial charge in [0.25, 0.3) is 5.91 Å². The van der Waals surface area contributed by atoms with Gasteiger partial charge in [0.1, 0.15) is 11.5 Å². The number of carbonyl (C=O) groups is 2. The van der Waals surface area contributed by atoms with Gasteiger partial charge in [0.15, 0.2) is 5.69 Å². The third kappa shape index (κ3) is 3.77. The minimum Gasteiger partial charge on any atom is -0.461 e. The summed E-state index contributed by atoms with van der Waals surface area (Å²) in [6.07, 6.45) is 3.08. The topological polar surface area (TPSA) is 97.0 Å². The molecule has 7 heteroatoms. The van der Waals surface area contributed by atoms with Crippen molar-refractivity contribution >= 4 is 17.7 Å². The number of ether oxygens (including phenoxy) is 1. The van der Waals surface area contributed by atoms with E-state index >= 15 is 0 Å². The zero-order valence-corrected chi connectivity index (χ0v) is 14.4. The number of esters is 1. The highest BCUT2D eigenvalue weighted by Gasteiger charge is 2.17. The van der Waals surface area contributed by atoms with E-state index < -0.39 is 5.97 Å². The molecule has 0 aliphatic carbocycles. The van der Waals surface area contributed by atoms with Gasteiger partial charge in [-0.25, -0.2) is 14.8 Å². The van der Waals surface area contributed by atoms with E-state index in [1.807, 2.05) is 13.0 Å². The molecule has 0 atom stereocenters. The van der Waals surface area contributed by atoms with Crippen LogP contribution in [0.5, 0.6) is 0 Å². The molecule has 0 saturated carbocycles. The van der Waals surface area contributed by atoms with Gasteiger partial charge in [-0.2, -0.15) is 0 Å². The summed E-state index contributed by atoms with van der Waals surface area (Å²) in [4.78, 5) is 35.4. The van der Waals surface area contributed by atoms with Gasteiger partial charge < -0.3 is 15.0 Å². The number of hydrogen-bond acceptors (Lipinski definition) is 5. The van der Waals surface area contributed by atoms with Crippen LogP contribution in [0.15, 0.2) is 48.9 Å². The van der Waals surface area contributed by atoms with E-state index in [-0.39, 0.29) is 18.2 Å². The predicted molar refractivity (Wildman–Crippen MR) is 96.9 cm³/mol. The van der Waals surface area contributed by atoms with E-state index in [0.29, 0.717) is 22.6 Å². The molecule has 2 N–H and O–H groups in total. The molecular formula is C19H18N4O3. The lowest BCUT2D eigenvalue weighted by molar-refractivity contribution is 0.0521. The number of imidazole rings is 1. The van der Waals surface area contributed by atoms with Gasteiger partial charge in [-0.3, -0.25) is 4.79 Å². The van der Waals surface area contributed by atoms with Crippen molar-refractivity contribution in [2.75, 3.05) is 11.9 Å². The van der Waals surface area contributed by atoms with E-state index in [0.717, 1.165) is 5.56 Å². The second-order valence-corrected chi connectivity index (χ2v) is 5.60. The highest BCUT2D eigenvalue weighted by molar-refractivity contribution is 6.04. The summed E-state index contributed by atoms with van der Waals surface area (Å²) in [6.45, 7) is 3.95. The van der Waals surface area contributed by atoms with Crippen molar-refractivity contribution in [3.05, 3.63) is 65.7 Å². The Kier molecular flexibility index (Phi) is 5.07. The Balaban J connectivity index is 1.78. The van der Waals surface area contributed by atoms with Gasteiger partial charge in [-0.1, -0.05) is 12.1 Å². The highest BCUT2D eigenvalue weighted by atomic mass is 16.5. The van der Waals surface area contributed by atoms with E-state index in [4.69, 9.17) is 4.74 Å². The van der Waals surface area contributed by atoms with Crippen LogP contribution >= 0.6 is 0 Å². The molecule has 2 heterocycles. The zero-order chi connectivity index (χ0) is 18.5. The van der Waals surface area contributed by atoms with Crippen molar-refractivity contribution in [3.8, 4) is 11.3 Å². The smallest absolute Gasteiger partial charge is 0.357 e. The first-order chi connectivity index (χ1) is 12.6. The molecule has 0 spiro atoms. The monoisotopic (exact) mass is 350 g/mol. The summed E-state index contributed by atoms with van der Waals surface area (Å²) in [5.41, 5.74) is 2.96. The first kappa shape index (κ1) is 17.3. The molecule has 2 aromatic heterocycles. The standard InChI is InChI=1S/C19H18N4O3/c1-3-26-19(25)17-16(21-11-22-17)13-4-6-14(7-5-13)18(24)23-15-10-12(2)8-9-20-15/h4-11H,3H2,1-2H3,(H,21,22)(H,20,23,24). The van der Waals surface area contributed by atoms with E-state index in [9.17, 15) is 9.59 Å². The fourth-order valence-corrected chi connectivity index (χ4v) is 2.44. The number of rotatable bonds is 5. The summed E-state index contributed by atoms with van der Waals surface area (Å²) in [7, 11) is 0. The molecule has 1 aromatic carbocycles. The van der Waals surface area contributed by atoms with E-state index in [2.05, 4.69) is 20.3 Å². The lowest BCUT2D eigenvalue weighted by atomic mass is 10.1. The fourth-order valence-electron chi connectivity index (χ4n) is 2.44. The Labute approximate surface area is 150 Å². The van der Waals surface area contributed by atoms with Gasteiger partial charge in [-0.05, 0) is 43.7 Å². The number of aromatic amines is 1. The average molecular weight is 350 g/mol. The van der Waals surface area contributed by atoms with Gasteiger partial charge in [0.05, 0.1) is 12.9 Å². The molecule has 0 saturated heterocycles. The lowest BCUT2D eigenvalue weighted by Crippen LogP contribution is -2.13. The first-order valence-corrected chi connectivity index (χ1v) is 8.13. The number of carbonyl (C=O) groups excluding carboxylic acids is 2. The average Bonchev–Trinajstić information content (AvgIpc) is 3.12. The minimum atomic E-state index is -0.465. The van der Waals surface area contributed by atoms with Crippen LogP contribution in [0.1, 0.15) is 33.3 Å². The van der Waals surface area contributed by atoms with Crippen LogP contribution in [0.3, 0.4) is 0 Å². The number of nitrogens with one attached hydrogen (secondary N) is 2. The second kappa shape index (κ2) is 7.60. The largest absolute Gasteiger partial charge is 0.461 e. The highest BCUT2D eigenvalue weighted by Crippen LogP contribution is 2.22. The predicted octanol–water partition coefficient (Wildman–Crippen LogP) is 3.21. The van der Waals surface area contributed by atoms with Crippen LogP contribution in [0, 0.1) is 6.92 Å². The molecule has 0 radical (unpaired) electrons. The SMILES string of the molecule is CCOC(=O)c1[nH]cnc1-c1ccc(C(=O)Nc2cc(C)ccn2)cc1. The number of aryl methyl sites for hydroxylation is 1. The number of pyridine rings is 1. The van der Waals surface area contributed by atoms with Gasteiger partial charge in [0, 0.05) is 17.3 Å². The fraction of sp³-hybridized carbons (Fsp3) is 0.158. The number of nitrogens with zero attached hydrogens (tertiary/aromatic N) is 2. The summed E-state index contributed by atoms with van der Waals surface area (Å²) in [5.74, 6) is -0.231. The third-order valence-electron chi connectivity index (χ3n) is 3.70. The van der Waals surface area contributed by atoms with Crippen molar-refractivity contribution in [1.29, 1.82) is 0 Å². The van der Waals surface area contributed by atoms with Crippen LogP contribution in [0.2, 0.25) is 0 Å². The normalized spacial score (nSPS) is 10.4. The molecule has 132 valence electrons. The molecule has 26 heavy (non-hydrogen) atoms. The third-order valence-corrected chi connectivity index (χ3v) is 3.70. The number of amides is 1. The molecule has 0 bridgehead atoms. The second-order valence-electron chi connectivity index (χ2n) is 5.60. The maximum Gasteiger partial charge on any atom is 0.357 e. The van der Waals surface area contributed by atoms with E-state index in [1.165, 1.54) is 6.33 Å². The lowest BCUT2D eigenvalue weighted by Gasteiger charge is -2.06. The van der Waals surface area contributed by atoms with Crippen molar-refractivity contribution in [2.45, 2.75) is 13.8 Å². The Morgan fingerprint density at radius 3 is 2.62 bits per heavy atom. The molecular weight excluding hydrogens is 332 g/mol. The van der Waals surface area contributed by atoms with Gasteiger partial charge in [0.2, 0.25) is 0 Å². The van der Waals surface area contributed by atoms with Crippen LogP contribution in [-0.2, 0) is 4.74 Å². The maximum atomic E-state index is 12.3. The number of hydrogen-bond donors (Lipinski definition) is 2. The van der Waals surface area contributed by atoms with Crippen LogP contribution in [-0.4, -0.2) is 33.4 Å². The van der Waals surface area contributed by atoms with Crippen LogP contribution < -0.4 is 5.32 Å². The van der Waals surface area contributed by atoms with Gasteiger partial charge in [-0.15, -0.1) is 0 Å². The van der Waals surface area contributed by atoms with Crippen molar-refractivity contribution < 1.29 is 14.3 Å². The molecule has 0 unspecified atom stereocenters. The Bertz CT molecular complexity index is 932. The molecule has 3 rings (SSSR count). The molecule has 3 aromatic rings. The summed E-state index contributed by atoms with van der Waals surface area (Å²) in [6, 6.07) is 10.5. The number of anilines is 1. The van der Waals surface area contributed by atoms with E-state index in [1.54, 1.807) is 43.5 Å². The number of benzene rings is 1. The number of aromatic nitrogens is 3. The van der Waals surface area contributed by atoms with Crippen molar-refractivity contribution in [1.82, 2.24) is 15.0 Å². The minimum absolute atomic E-state index is 0.262. The summed E-state index contributed by atoms with van der Waals surface area (Å²) in [5, 5.41) is 2.75. The molecule has 0 fully saturated rings. The zero-order valence-electron chi connectivity index (χ0n) is 14.4. The molecule has 1 amide bonds. The Morgan fingerprint density at radius 1 is 1.15 bits per heavy atom. The molecule has 0 aliphatic heterocycles. The van der Waals surface area contributed by atoms with Crippen molar-refractivity contribution in [3.63, 3.8) is 0 Å². The maximum absolute atomic E-state index is 12.3. The first-order valence-electron chi connectivity index (χ1n) is 8.13. The van der Waals surface area contributed by atoms with Gasteiger partial charge >= 0.3 is 5.97 Å². The number of H-pyrrole nitrogens is 1. The van der Waals surface area contributed by atoms with Crippen molar-refractivity contribution in [2.24, 2.45) is 0 Å². The summed E-state index contributed by atoms with van der Waals surface area (Å²) < 4.78 is 5.01. The Hall–Kier alpha value is -3.48. The molecule has 0 aliphatic rings. The molecule has 7 nitrogen and oxygen atoms in total. The Morgan fingerprint density at radius 2 is 1.92 bits per heavy atom.